The number of rotatable bonds is 8. The second-order valence-electron chi connectivity index (χ2n) is 8.93. The molecule has 7 heteroatoms. The van der Waals surface area contributed by atoms with Gasteiger partial charge in [0.05, 0.1) is 13.1 Å². The molecular weight excluding hydrogens is 433 g/mol. The number of carbonyl (C=O) groups excluding carboxylic acids is 2. The first kappa shape index (κ1) is 23.8. The summed E-state index contributed by atoms with van der Waals surface area (Å²) in [5.74, 6) is 0.481. The molecule has 178 valence electrons. The average Bonchev–Trinajstić information content (AvgIpc) is 3.68. The van der Waals surface area contributed by atoms with E-state index in [0.29, 0.717) is 43.4 Å². The Bertz CT molecular complexity index is 1120. The van der Waals surface area contributed by atoms with Crippen molar-refractivity contribution >= 4 is 17.5 Å². The van der Waals surface area contributed by atoms with Gasteiger partial charge in [-0.15, -0.1) is 0 Å². The molecule has 1 fully saturated rings. The molecule has 4 rings (SSSR count). The third kappa shape index (κ3) is 5.42. The summed E-state index contributed by atoms with van der Waals surface area (Å²) in [4.78, 5) is 26.1. The van der Waals surface area contributed by atoms with Crippen LogP contribution in [-0.4, -0.2) is 60.2 Å². The van der Waals surface area contributed by atoms with Gasteiger partial charge < -0.3 is 10.1 Å². The lowest BCUT2D eigenvalue weighted by molar-refractivity contribution is -0.451. The fourth-order valence-electron chi connectivity index (χ4n) is 4.39. The molecule has 0 bridgehead atoms. The molecule has 0 unspecified atom stereocenters. The van der Waals surface area contributed by atoms with Crippen LogP contribution in [0.1, 0.15) is 53.3 Å². The van der Waals surface area contributed by atoms with Crippen molar-refractivity contribution in [3.63, 3.8) is 0 Å². The normalized spacial score (nSPS) is 17.3. The SMILES string of the molecule is C=CC(=O)[N+]1=C(C)CN(C[C@@H](Oc2ccc(C(=O)NC)cc2)c2ccc(C3CC3)c(F)c2)CC1. The van der Waals surface area contributed by atoms with Gasteiger partial charge in [0, 0.05) is 32.2 Å². The van der Waals surface area contributed by atoms with E-state index in [0.717, 1.165) is 29.7 Å². The zero-order valence-electron chi connectivity index (χ0n) is 19.7. The van der Waals surface area contributed by atoms with E-state index in [4.69, 9.17) is 4.74 Å². The summed E-state index contributed by atoms with van der Waals surface area (Å²) < 4.78 is 22.9. The minimum absolute atomic E-state index is 0.0982. The van der Waals surface area contributed by atoms with Gasteiger partial charge in [0.1, 0.15) is 17.7 Å². The standard InChI is InChI=1S/C27H30FN3O3/c1-4-26(32)31-14-13-30(16-18(31)2)17-25(21-9-12-23(19-5-6-19)24(28)15-21)34-22-10-7-20(8-11-22)27(33)29-3/h4,7-12,15,19,25H,1,5-6,13-14,16-17H2,2-3H3/p+1/t25-/m1/s1. The van der Waals surface area contributed by atoms with Crippen molar-refractivity contribution in [3.05, 3.63) is 77.6 Å². The minimum atomic E-state index is -0.414. The lowest BCUT2D eigenvalue weighted by Gasteiger charge is -2.29. The molecule has 0 saturated heterocycles. The predicted octanol–water partition coefficient (Wildman–Crippen LogP) is 3.68. The molecular formula is C27H31FN3O3+. The Hall–Kier alpha value is -3.32. The van der Waals surface area contributed by atoms with Gasteiger partial charge in [0.2, 0.25) is 0 Å². The van der Waals surface area contributed by atoms with Crippen LogP contribution in [-0.2, 0) is 4.79 Å². The Morgan fingerprint density at radius 2 is 2.00 bits per heavy atom. The third-order valence-electron chi connectivity index (χ3n) is 6.45. The van der Waals surface area contributed by atoms with Gasteiger partial charge in [-0.1, -0.05) is 18.7 Å². The van der Waals surface area contributed by atoms with E-state index in [1.54, 1.807) is 42.0 Å². The van der Waals surface area contributed by atoms with Crippen molar-refractivity contribution in [3.8, 4) is 5.75 Å². The van der Waals surface area contributed by atoms with E-state index in [1.807, 2.05) is 19.1 Å². The summed E-state index contributed by atoms with van der Waals surface area (Å²) in [7, 11) is 1.59. The van der Waals surface area contributed by atoms with Crippen LogP contribution in [0.4, 0.5) is 4.39 Å². The van der Waals surface area contributed by atoms with Crippen molar-refractivity contribution in [2.24, 2.45) is 0 Å². The summed E-state index contributed by atoms with van der Waals surface area (Å²) in [6, 6.07) is 12.3. The number of amides is 2. The highest BCUT2D eigenvalue weighted by Crippen LogP contribution is 2.41. The number of nitrogens with one attached hydrogen (secondary N) is 1. The molecule has 1 N–H and O–H groups in total. The molecule has 1 aliphatic carbocycles. The maximum Gasteiger partial charge on any atom is 0.411 e. The van der Waals surface area contributed by atoms with E-state index in [9.17, 15) is 14.0 Å². The summed E-state index contributed by atoms with van der Waals surface area (Å²) in [6.45, 7) is 7.90. The molecule has 0 radical (unpaired) electrons. The van der Waals surface area contributed by atoms with E-state index in [2.05, 4.69) is 16.8 Å². The summed E-state index contributed by atoms with van der Waals surface area (Å²) in [6.07, 6.45) is 2.99. The largest absolute Gasteiger partial charge is 0.484 e. The molecule has 1 atom stereocenters. The highest BCUT2D eigenvalue weighted by Gasteiger charge is 2.30. The number of benzene rings is 2. The van der Waals surface area contributed by atoms with Crippen molar-refractivity contribution in [1.29, 1.82) is 0 Å². The van der Waals surface area contributed by atoms with Crippen LogP contribution in [0.5, 0.6) is 5.75 Å². The van der Waals surface area contributed by atoms with Crippen molar-refractivity contribution in [1.82, 2.24) is 10.2 Å². The van der Waals surface area contributed by atoms with Crippen LogP contribution in [0.25, 0.3) is 0 Å². The first-order chi connectivity index (χ1) is 16.4. The van der Waals surface area contributed by atoms with Crippen LogP contribution in [0.2, 0.25) is 0 Å². The summed E-state index contributed by atoms with van der Waals surface area (Å²) in [5, 5.41) is 2.60. The monoisotopic (exact) mass is 464 g/mol. The molecule has 0 spiro atoms. The van der Waals surface area contributed by atoms with Gasteiger partial charge in [-0.05, 0) is 60.2 Å². The number of hydrogen-bond acceptors (Lipinski definition) is 4. The number of ether oxygens (including phenoxy) is 1. The quantitative estimate of drug-likeness (QED) is 0.478. The Labute approximate surface area is 199 Å². The van der Waals surface area contributed by atoms with Crippen molar-refractivity contribution < 1.29 is 23.3 Å². The molecule has 2 aromatic rings. The summed E-state index contributed by atoms with van der Waals surface area (Å²) >= 11 is 0. The minimum Gasteiger partial charge on any atom is -0.484 e. The smallest absolute Gasteiger partial charge is 0.411 e. The van der Waals surface area contributed by atoms with Gasteiger partial charge in [-0.25, -0.2) is 9.18 Å². The fourth-order valence-corrected chi connectivity index (χ4v) is 4.39. The molecule has 6 nitrogen and oxygen atoms in total. The Balaban J connectivity index is 1.56. The average molecular weight is 465 g/mol. The lowest BCUT2D eigenvalue weighted by Crippen LogP contribution is -2.47. The van der Waals surface area contributed by atoms with Gasteiger partial charge in [-0.3, -0.25) is 9.69 Å². The second kappa shape index (κ2) is 10.3. The molecule has 2 aromatic carbocycles. The summed E-state index contributed by atoms with van der Waals surface area (Å²) in [5.41, 5.74) is 3.03. The van der Waals surface area contributed by atoms with E-state index in [1.165, 1.54) is 6.08 Å². The Morgan fingerprint density at radius 3 is 2.59 bits per heavy atom. The first-order valence-electron chi connectivity index (χ1n) is 11.7. The molecule has 2 aliphatic rings. The number of carbonyl (C=O) groups is 2. The van der Waals surface area contributed by atoms with E-state index >= 15 is 0 Å². The van der Waals surface area contributed by atoms with E-state index in [-0.39, 0.29) is 17.6 Å². The molecule has 34 heavy (non-hydrogen) atoms. The van der Waals surface area contributed by atoms with Gasteiger partial charge >= 0.3 is 5.91 Å². The third-order valence-corrected chi connectivity index (χ3v) is 6.45. The topological polar surface area (TPSA) is 61.6 Å². The van der Waals surface area contributed by atoms with Gasteiger partial charge in [0.25, 0.3) is 5.91 Å². The highest BCUT2D eigenvalue weighted by atomic mass is 19.1. The first-order valence-corrected chi connectivity index (χ1v) is 11.7. The maximum atomic E-state index is 14.9. The van der Waals surface area contributed by atoms with Crippen LogP contribution < -0.4 is 10.1 Å². The number of nitrogens with zero attached hydrogens (tertiary/aromatic N) is 2. The predicted molar refractivity (Wildman–Crippen MR) is 129 cm³/mol. The van der Waals surface area contributed by atoms with Gasteiger partial charge in [0.15, 0.2) is 12.3 Å². The van der Waals surface area contributed by atoms with Crippen LogP contribution in [0, 0.1) is 5.82 Å². The molecule has 0 aromatic heterocycles. The Kier molecular flexibility index (Phi) is 7.22. The number of hydrogen-bond donors (Lipinski definition) is 1. The van der Waals surface area contributed by atoms with Crippen LogP contribution >= 0.6 is 0 Å². The second-order valence-corrected chi connectivity index (χ2v) is 8.93. The highest BCUT2D eigenvalue weighted by molar-refractivity contribution is 5.94. The molecule has 1 saturated carbocycles. The lowest BCUT2D eigenvalue weighted by atomic mass is 10.0. The van der Waals surface area contributed by atoms with Crippen LogP contribution in [0.3, 0.4) is 0 Å². The Morgan fingerprint density at radius 1 is 1.26 bits per heavy atom. The van der Waals surface area contributed by atoms with E-state index < -0.39 is 6.10 Å². The fraction of sp³-hybridized carbons (Fsp3) is 0.370. The zero-order chi connectivity index (χ0) is 24.2. The van der Waals surface area contributed by atoms with Gasteiger partial charge in [-0.2, -0.15) is 4.58 Å². The maximum absolute atomic E-state index is 14.9. The molecule has 2 amide bonds. The number of halogens is 1. The molecule has 1 aliphatic heterocycles. The zero-order valence-corrected chi connectivity index (χ0v) is 19.7. The molecule has 1 heterocycles. The van der Waals surface area contributed by atoms with Crippen molar-refractivity contribution in [2.75, 3.05) is 33.2 Å². The van der Waals surface area contributed by atoms with Crippen molar-refractivity contribution in [2.45, 2.75) is 31.8 Å². The van der Waals surface area contributed by atoms with Crippen LogP contribution in [0.15, 0.2) is 55.1 Å².